The molecule has 0 amide bonds. The summed E-state index contributed by atoms with van der Waals surface area (Å²) < 4.78 is 23.1. The third kappa shape index (κ3) is 1.47. The molecule has 5 heteroatoms. The molecule has 0 spiro atoms. The van der Waals surface area contributed by atoms with Crippen molar-refractivity contribution in [2.24, 2.45) is 0 Å². The van der Waals surface area contributed by atoms with Gasteiger partial charge in [0.25, 0.3) is 5.95 Å². The zero-order valence-electron chi connectivity index (χ0n) is 7.71. The maximum absolute atomic E-state index is 13.0. The minimum Gasteiger partial charge on any atom is -0.468 e. The average molecular weight is 229 g/mol. The smallest absolute Gasteiger partial charge is 0.296 e. The van der Waals surface area contributed by atoms with E-state index in [4.69, 9.17) is 20.8 Å². The molecule has 0 aliphatic rings. The Hall–Kier alpha value is -1.55. The number of halogens is 2. The fourth-order valence-electron chi connectivity index (χ4n) is 1.39. The molecule has 0 atom stereocenters. The van der Waals surface area contributed by atoms with Gasteiger partial charge < -0.3 is 9.15 Å². The van der Waals surface area contributed by atoms with Crippen molar-refractivity contribution in [2.75, 3.05) is 7.11 Å². The lowest BCUT2D eigenvalue weighted by atomic mass is 10.2. The number of fused-ring (bicyclic) bond motifs is 1. The zero-order valence-corrected chi connectivity index (χ0v) is 8.47. The highest BCUT2D eigenvalue weighted by Gasteiger charge is 2.17. The molecule has 0 saturated carbocycles. The first-order valence-corrected chi connectivity index (χ1v) is 4.46. The maximum Gasteiger partial charge on any atom is 0.296 e. The molecule has 1 heterocycles. The second-order valence-electron chi connectivity index (χ2n) is 2.89. The van der Waals surface area contributed by atoms with Gasteiger partial charge in [-0.05, 0) is 12.1 Å². The van der Waals surface area contributed by atoms with Crippen LogP contribution in [0.1, 0.15) is 10.4 Å². The highest BCUT2D eigenvalue weighted by atomic mass is 35.5. The molecule has 0 N–H and O–H groups in total. The second-order valence-corrected chi connectivity index (χ2v) is 3.30. The monoisotopic (exact) mass is 228 g/mol. The molecule has 2 aromatic rings. The van der Waals surface area contributed by atoms with E-state index in [0.29, 0.717) is 11.7 Å². The predicted octanol–water partition coefficient (Wildman–Crippen LogP) is 3.05. The summed E-state index contributed by atoms with van der Waals surface area (Å²) in [6, 6.07) is 2.29. The highest BCUT2D eigenvalue weighted by Crippen LogP contribution is 2.35. The maximum atomic E-state index is 13.0. The van der Waals surface area contributed by atoms with Gasteiger partial charge in [-0.1, -0.05) is 11.6 Å². The number of hydrogen-bond donors (Lipinski definition) is 0. The lowest BCUT2D eigenvalue weighted by Gasteiger charge is -1.92. The van der Waals surface area contributed by atoms with E-state index in [0.717, 1.165) is 6.07 Å². The summed E-state index contributed by atoms with van der Waals surface area (Å²) in [6.07, 6.45) is 0.542. The molecule has 78 valence electrons. The Morgan fingerprint density at radius 2 is 2.27 bits per heavy atom. The summed E-state index contributed by atoms with van der Waals surface area (Å²) in [4.78, 5) is 10.8. The van der Waals surface area contributed by atoms with Gasteiger partial charge in [0.1, 0.15) is 11.4 Å². The molecule has 0 fully saturated rings. The Morgan fingerprint density at radius 1 is 1.53 bits per heavy atom. The van der Waals surface area contributed by atoms with Crippen LogP contribution in [-0.4, -0.2) is 13.4 Å². The van der Waals surface area contributed by atoms with Crippen LogP contribution < -0.4 is 4.74 Å². The number of hydrogen-bond acceptors (Lipinski definition) is 3. The van der Waals surface area contributed by atoms with Gasteiger partial charge in [-0.2, -0.15) is 0 Å². The number of methoxy groups -OCH3 is 1. The molecular formula is C10H6ClFO3. The van der Waals surface area contributed by atoms with Crippen LogP contribution in [0.25, 0.3) is 11.0 Å². The molecule has 0 unspecified atom stereocenters. The molecule has 1 aromatic carbocycles. The fraction of sp³-hybridized carbons (Fsp3) is 0.100. The minimum atomic E-state index is -0.529. The Morgan fingerprint density at radius 3 is 2.87 bits per heavy atom. The quantitative estimate of drug-likeness (QED) is 0.742. The van der Waals surface area contributed by atoms with Crippen LogP contribution in [0, 0.1) is 5.82 Å². The first kappa shape index (κ1) is 9.98. The van der Waals surface area contributed by atoms with Crippen molar-refractivity contribution in [3.8, 4) is 5.95 Å². The third-order valence-electron chi connectivity index (χ3n) is 2.02. The van der Waals surface area contributed by atoms with Gasteiger partial charge in [0.2, 0.25) is 0 Å². The van der Waals surface area contributed by atoms with Crippen molar-refractivity contribution in [3.63, 3.8) is 0 Å². The summed E-state index contributed by atoms with van der Waals surface area (Å²) in [7, 11) is 1.36. The minimum absolute atomic E-state index is 0.0347. The normalized spacial score (nSPS) is 10.6. The van der Waals surface area contributed by atoms with E-state index in [1.165, 1.54) is 13.2 Å². The van der Waals surface area contributed by atoms with Crippen LogP contribution in [0.2, 0.25) is 5.02 Å². The first-order valence-electron chi connectivity index (χ1n) is 4.08. The molecule has 0 aliphatic carbocycles. The van der Waals surface area contributed by atoms with Crippen LogP contribution in [0.15, 0.2) is 16.5 Å². The first-order chi connectivity index (χ1) is 7.17. The SMILES string of the molecule is COc1oc2c(Cl)cc(F)cc2c1C=O. The van der Waals surface area contributed by atoms with Gasteiger partial charge in [-0.3, -0.25) is 4.79 Å². The van der Waals surface area contributed by atoms with Gasteiger partial charge in [-0.15, -0.1) is 0 Å². The summed E-state index contributed by atoms with van der Waals surface area (Å²) in [5.74, 6) is -0.494. The van der Waals surface area contributed by atoms with E-state index in [1.54, 1.807) is 0 Å². The largest absolute Gasteiger partial charge is 0.468 e. The summed E-state index contributed by atoms with van der Waals surface area (Å²) >= 11 is 5.76. The van der Waals surface area contributed by atoms with E-state index in [2.05, 4.69) is 0 Å². The standard InChI is InChI=1S/C10H6ClFO3/c1-14-10-7(4-13)6-2-5(12)3-8(11)9(6)15-10/h2-4H,1H3. The molecule has 3 nitrogen and oxygen atoms in total. The molecule has 0 radical (unpaired) electrons. The molecule has 0 saturated heterocycles. The Kier molecular flexibility index (Phi) is 2.36. The lowest BCUT2D eigenvalue weighted by molar-refractivity contribution is 0.111. The molecule has 0 bridgehead atoms. The van der Waals surface area contributed by atoms with Gasteiger partial charge >= 0.3 is 0 Å². The Balaban J connectivity index is 2.88. The van der Waals surface area contributed by atoms with E-state index in [-0.39, 0.29) is 22.1 Å². The van der Waals surface area contributed by atoms with Crippen LogP contribution in [-0.2, 0) is 0 Å². The third-order valence-corrected chi connectivity index (χ3v) is 2.30. The van der Waals surface area contributed by atoms with Crippen molar-refractivity contribution in [1.82, 2.24) is 0 Å². The number of aldehydes is 1. The summed E-state index contributed by atoms with van der Waals surface area (Å²) in [5.41, 5.74) is 0.408. The topological polar surface area (TPSA) is 39.4 Å². The van der Waals surface area contributed by atoms with E-state index in [1.807, 2.05) is 0 Å². The number of carbonyl (C=O) groups is 1. The number of rotatable bonds is 2. The van der Waals surface area contributed by atoms with Gasteiger partial charge in [0.05, 0.1) is 12.1 Å². The molecule has 2 rings (SSSR count). The van der Waals surface area contributed by atoms with Crippen LogP contribution in [0.5, 0.6) is 5.95 Å². The molecule has 0 aliphatic heterocycles. The Bertz CT molecular complexity index is 533. The molecular weight excluding hydrogens is 223 g/mol. The van der Waals surface area contributed by atoms with Crippen LogP contribution >= 0.6 is 11.6 Å². The second kappa shape index (κ2) is 3.55. The predicted molar refractivity (Wildman–Crippen MR) is 53.1 cm³/mol. The van der Waals surface area contributed by atoms with E-state index >= 15 is 0 Å². The van der Waals surface area contributed by atoms with Crippen LogP contribution in [0.4, 0.5) is 4.39 Å². The summed E-state index contributed by atoms with van der Waals surface area (Å²) in [6.45, 7) is 0. The Labute approximate surface area is 89.4 Å². The molecule has 15 heavy (non-hydrogen) atoms. The van der Waals surface area contributed by atoms with Crippen molar-refractivity contribution in [2.45, 2.75) is 0 Å². The number of furan rings is 1. The van der Waals surface area contributed by atoms with Crippen molar-refractivity contribution in [3.05, 3.63) is 28.5 Å². The van der Waals surface area contributed by atoms with Gasteiger partial charge in [-0.25, -0.2) is 4.39 Å². The number of carbonyl (C=O) groups excluding carboxylic acids is 1. The van der Waals surface area contributed by atoms with Crippen molar-refractivity contribution in [1.29, 1.82) is 0 Å². The fourth-order valence-corrected chi connectivity index (χ4v) is 1.63. The van der Waals surface area contributed by atoms with Crippen LogP contribution in [0.3, 0.4) is 0 Å². The van der Waals surface area contributed by atoms with Crippen molar-refractivity contribution < 1.29 is 18.3 Å². The lowest BCUT2D eigenvalue weighted by Crippen LogP contribution is -1.85. The summed E-state index contributed by atoms with van der Waals surface area (Å²) in [5, 5.41) is 0.420. The van der Waals surface area contributed by atoms with Crippen molar-refractivity contribution >= 4 is 28.9 Å². The highest BCUT2D eigenvalue weighted by molar-refractivity contribution is 6.35. The van der Waals surface area contributed by atoms with E-state index in [9.17, 15) is 9.18 Å². The van der Waals surface area contributed by atoms with Gasteiger partial charge in [0, 0.05) is 5.39 Å². The average Bonchev–Trinajstić information content (AvgIpc) is 2.55. The number of ether oxygens (including phenoxy) is 1. The van der Waals surface area contributed by atoms with Gasteiger partial charge in [0.15, 0.2) is 11.9 Å². The zero-order chi connectivity index (χ0) is 11.0. The van der Waals surface area contributed by atoms with E-state index < -0.39 is 5.82 Å². The number of benzene rings is 1. The molecule has 1 aromatic heterocycles.